The second-order valence-electron chi connectivity index (χ2n) is 8.10. The fourth-order valence-electron chi connectivity index (χ4n) is 4.21. The molecule has 0 aliphatic carbocycles. The lowest BCUT2D eigenvalue weighted by Gasteiger charge is -2.22. The summed E-state index contributed by atoms with van der Waals surface area (Å²) >= 11 is 0. The van der Waals surface area contributed by atoms with Gasteiger partial charge in [0.1, 0.15) is 5.75 Å². The molecule has 7 nitrogen and oxygen atoms in total. The van der Waals surface area contributed by atoms with Gasteiger partial charge in [0.15, 0.2) is 5.96 Å². The van der Waals surface area contributed by atoms with Crippen LogP contribution < -0.4 is 20.3 Å². The Bertz CT molecular complexity index is 652. The molecule has 2 aliphatic rings. The van der Waals surface area contributed by atoms with Crippen LogP contribution in [0.2, 0.25) is 0 Å². The third kappa shape index (κ3) is 6.51. The van der Waals surface area contributed by atoms with Crippen LogP contribution in [0.4, 0.5) is 5.69 Å². The molecule has 29 heavy (non-hydrogen) atoms. The Balaban J connectivity index is 1.38. The van der Waals surface area contributed by atoms with Gasteiger partial charge < -0.3 is 30.1 Å². The number of aliphatic imine (C=N–C) groups is 1. The van der Waals surface area contributed by atoms with E-state index >= 15 is 0 Å². The van der Waals surface area contributed by atoms with Crippen molar-refractivity contribution < 1.29 is 4.74 Å². The smallest absolute Gasteiger partial charge is 0.191 e. The number of para-hydroxylation sites is 2. The number of ether oxygens (including phenoxy) is 1. The lowest BCUT2D eigenvalue weighted by molar-refractivity contribution is 0.274. The van der Waals surface area contributed by atoms with Gasteiger partial charge in [-0.1, -0.05) is 12.1 Å². The van der Waals surface area contributed by atoms with E-state index in [-0.39, 0.29) is 0 Å². The van der Waals surface area contributed by atoms with Crippen LogP contribution in [0.3, 0.4) is 0 Å². The molecule has 162 valence electrons. The molecular weight excluding hydrogens is 364 g/mol. The molecule has 0 spiro atoms. The first-order chi connectivity index (χ1) is 14.2. The lowest BCUT2D eigenvalue weighted by atomic mass is 10.2. The first kappa shape index (κ1) is 21.7. The fourth-order valence-corrected chi connectivity index (χ4v) is 4.21. The summed E-state index contributed by atoms with van der Waals surface area (Å²) in [5.74, 6) is 1.85. The SMILES string of the molecule is CN=C(NCCCN1CCCN(C)CC1)NC1CCN(c2ccccc2OC)C1. The molecule has 1 aromatic carbocycles. The molecule has 0 aromatic heterocycles. The largest absolute Gasteiger partial charge is 0.495 e. The molecule has 2 fully saturated rings. The molecule has 1 atom stereocenters. The van der Waals surface area contributed by atoms with Gasteiger partial charge in [0, 0.05) is 45.8 Å². The number of nitrogens with one attached hydrogen (secondary N) is 2. The highest BCUT2D eigenvalue weighted by Gasteiger charge is 2.25. The minimum atomic E-state index is 0.396. The van der Waals surface area contributed by atoms with Crippen molar-refractivity contribution in [3.05, 3.63) is 24.3 Å². The van der Waals surface area contributed by atoms with Crippen LogP contribution in [-0.2, 0) is 0 Å². The van der Waals surface area contributed by atoms with Crippen LogP contribution in [0.5, 0.6) is 5.75 Å². The van der Waals surface area contributed by atoms with Crippen LogP contribution >= 0.6 is 0 Å². The summed E-state index contributed by atoms with van der Waals surface area (Å²) in [7, 11) is 5.81. The van der Waals surface area contributed by atoms with Gasteiger partial charge in [-0.3, -0.25) is 4.99 Å². The Labute approximate surface area is 176 Å². The summed E-state index contributed by atoms with van der Waals surface area (Å²) in [6.45, 7) is 8.90. The maximum absolute atomic E-state index is 5.52. The van der Waals surface area contributed by atoms with Crippen molar-refractivity contribution in [2.24, 2.45) is 4.99 Å². The van der Waals surface area contributed by atoms with Gasteiger partial charge in [-0.05, 0) is 58.1 Å². The summed E-state index contributed by atoms with van der Waals surface area (Å²) in [6.07, 6.45) is 3.51. The van der Waals surface area contributed by atoms with E-state index in [1.807, 2.05) is 19.2 Å². The zero-order valence-corrected chi connectivity index (χ0v) is 18.4. The topological polar surface area (TPSA) is 55.4 Å². The van der Waals surface area contributed by atoms with E-state index in [0.717, 1.165) is 50.7 Å². The fraction of sp³-hybridized carbons (Fsp3) is 0.682. The third-order valence-electron chi connectivity index (χ3n) is 5.93. The van der Waals surface area contributed by atoms with Crippen molar-refractivity contribution in [2.45, 2.75) is 25.3 Å². The number of benzene rings is 1. The molecular formula is C22H38N6O. The van der Waals surface area contributed by atoms with E-state index in [1.54, 1.807) is 7.11 Å². The van der Waals surface area contributed by atoms with Gasteiger partial charge >= 0.3 is 0 Å². The van der Waals surface area contributed by atoms with Gasteiger partial charge in [0.25, 0.3) is 0 Å². The Morgan fingerprint density at radius 1 is 1.17 bits per heavy atom. The van der Waals surface area contributed by atoms with Crippen molar-refractivity contribution in [1.82, 2.24) is 20.4 Å². The van der Waals surface area contributed by atoms with Crippen LogP contribution in [-0.4, -0.2) is 95.4 Å². The van der Waals surface area contributed by atoms with Crippen LogP contribution in [0.1, 0.15) is 19.3 Å². The highest BCUT2D eigenvalue weighted by molar-refractivity contribution is 5.80. The van der Waals surface area contributed by atoms with Crippen LogP contribution in [0.25, 0.3) is 0 Å². The summed E-state index contributed by atoms with van der Waals surface area (Å²) in [5, 5.41) is 7.09. The number of hydrogen-bond acceptors (Lipinski definition) is 5. The lowest BCUT2D eigenvalue weighted by Crippen LogP contribution is -2.45. The highest BCUT2D eigenvalue weighted by atomic mass is 16.5. The van der Waals surface area contributed by atoms with Crippen LogP contribution in [0, 0.1) is 0 Å². The molecule has 0 bridgehead atoms. The number of hydrogen-bond donors (Lipinski definition) is 2. The Morgan fingerprint density at radius 3 is 2.86 bits per heavy atom. The molecule has 2 heterocycles. The van der Waals surface area contributed by atoms with E-state index in [0.29, 0.717) is 6.04 Å². The summed E-state index contributed by atoms with van der Waals surface area (Å²) in [5.41, 5.74) is 1.17. The highest BCUT2D eigenvalue weighted by Crippen LogP contribution is 2.30. The van der Waals surface area contributed by atoms with Crippen molar-refractivity contribution in [3.63, 3.8) is 0 Å². The maximum Gasteiger partial charge on any atom is 0.191 e. The summed E-state index contributed by atoms with van der Waals surface area (Å²) in [4.78, 5) is 11.8. The molecule has 0 amide bonds. The van der Waals surface area contributed by atoms with E-state index in [9.17, 15) is 0 Å². The molecule has 7 heteroatoms. The predicted octanol–water partition coefficient (Wildman–Crippen LogP) is 1.47. The number of nitrogens with zero attached hydrogens (tertiary/aromatic N) is 4. The molecule has 1 aromatic rings. The third-order valence-corrected chi connectivity index (χ3v) is 5.93. The predicted molar refractivity (Wildman–Crippen MR) is 121 cm³/mol. The van der Waals surface area contributed by atoms with Crippen LogP contribution in [0.15, 0.2) is 29.3 Å². The normalized spacial score (nSPS) is 21.8. The quantitative estimate of drug-likeness (QED) is 0.409. The molecule has 1 unspecified atom stereocenters. The van der Waals surface area contributed by atoms with Gasteiger partial charge in [-0.2, -0.15) is 0 Å². The Kier molecular flexibility index (Phi) is 8.43. The van der Waals surface area contributed by atoms with E-state index in [2.05, 4.69) is 49.5 Å². The zero-order valence-electron chi connectivity index (χ0n) is 18.4. The molecule has 2 aliphatic heterocycles. The van der Waals surface area contributed by atoms with E-state index in [1.165, 1.54) is 38.3 Å². The van der Waals surface area contributed by atoms with Gasteiger partial charge in [0.2, 0.25) is 0 Å². The standard InChI is InChI=1S/C22H38N6O/c1-23-22(24-11-6-13-27-14-7-12-26(2)16-17-27)25-19-10-15-28(18-19)20-8-4-5-9-21(20)29-3/h4-5,8-9,19H,6-7,10-18H2,1-3H3,(H2,23,24,25). The Morgan fingerprint density at radius 2 is 2.03 bits per heavy atom. The average Bonchev–Trinajstić information content (AvgIpc) is 3.11. The number of rotatable bonds is 7. The number of likely N-dealkylation sites (N-methyl/N-ethyl adjacent to an activating group) is 1. The van der Waals surface area contributed by atoms with Gasteiger partial charge in [-0.15, -0.1) is 0 Å². The molecule has 2 N–H and O–H groups in total. The van der Waals surface area contributed by atoms with Crippen molar-refractivity contribution in [1.29, 1.82) is 0 Å². The van der Waals surface area contributed by atoms with Gasteiger partial charge in [0.05, 0.1) is 12.8 Å². The zero-order chi connectivity index (χ0) is 20.5. The van der Waals surface area contributed by atoms with E-state index < -0.39 is 0 Å². The average molecular weight is 403 g/mol. The van der Waals surface area contributed by atoms with Gasteiger partial charge in [-0.25, -0.2) is 0 Å². The number of guanidine groups is 1. The first-order valence-electron chi connectivity index (χ1n) is 11.0. The maximum atomic E-state index is 5.52. The molecule has 0 saturated carbocycles. The first-order valence-corrected chi connectivity index (χ1v) is 11.0. The minimum Gasteiger partial charge on any atom is -0.495 e. The van der Waals surface area contributed by atoms with E-state index in [4.69, 9.17) is 4.74 Å². The summed E-state index contributed by atoms with van der Waals surface area (Å²) < 4.78 is 5.52. The molecule has 2 saturated heterocycles. The van der Waals surface area contributed by atoms with Crippen molar-refractivity contribution in [3.8, 4) is 5.75 Å². The Hall–Kier alpha value is -1.99. The molecule has 0 radical (unpaired) electrons. The minimum absolute atomic E-state index is 0.396. The summed E-state index contributed by atoms with van der Waals surface area (Å²) in [6, 6.07) is 8.64. The molecule has 3 rings (SSSR count). The second kappa shape index (κ2) is 11.3. The number of methoxy groups -OCH3 is 1. The second-order valence-corrected chi connectivity index (χ2v) is 8.10. The van der Waals surface area contributed by atoms with Crippen molar-refractivity contribution >= 4 is 11.6 Å². The monoisotopic (exact) mass is 402 g/mol. The van der Waals surface area contributed by atoms with Crippen molar-refractivity contribution in [2.75, 3.05) is 78.5 Å². The number of anilines is 1.